The molecule has 0 heteroatoms. The fraction of sp³-hybridized carbons (Fsp3) is 0.750. The highest BCUT2D eigenvalue weighted by Crippen LogP contribution is 2.16. The summed E-state index contributed by atoms with van der Waals surface area (Å²) in [5, 5.41) is 0. The molecule has 0 N–H and O–H groups in total. The molecule has 0 aromatic carbocycles. The second-order valence-corrected chi connectivity index (χ2v) is 4.52. The molecule has 0 aromatic rings. The Labute approximate surface area is 103 Å². The average Bonchev–Trinajstić information content (AvgIpc) is 2.33. The highest BCUT2D eigenvalue weighted by Gasteiger charge is 1.96. The lowest BCUT2D eigenvalue weighted by atomic mass is 10.0. The second-order valence-electron chi connectivity index (χ2n) is 4.52. The summed E-state index contributed by atoms with van der Waals surface area (Å²) in [6.45, 7) is 8.85. The molecular weight excluding hydrogens is 192 g/mol. The van der Waals surface area contributed by atoms with Gasteiger partial charge in [-0.15, -0.1) is 0 Å². The van der Waals surface area contributed by atoms with Gasteiger partial charge in [-0.1, -0.05) is 50.0 Å². The van der Waals surface area contributed by atoms with Gasteiger partial charge in [0.25, 0.3) is 0 Å². The lowest BCUT2D eigenvalue weighted by molar-refractivity contribution is 0.627. The molecule has 0 atom stereocenters. The third-order valence-corrected chi connectivity index (χ3v) is 3.47. The maximum Gasteiger partial charge on any atom is -0.0321 e. The van der Waals surface area contributed by atoms with E-state index in [2.05, 4.69) is 39.8 Å². The summed E-state index contributed by atoms with van der Waals surface area (Å²) in [7, 11) is 0. The van der Waals surface area contributed by atoms with Gasteiger partial charge in [-0.05, 0) is 52.4 Å². The monoisotopic (exact) mass is 222 g/mol. The molecule has 16 heavy (non-hydrogen) atoms. The smallest absolute Gasteiger partial charge is 0.0321 e. The van der Waals surface area contributed by atoms with Crippen LogP contribution in [0.2, 0.25) is 0 Å². The first-order valence-corrected chi connectivity index (χ1v) is 7.06. The van der Waals surface area contributed by atoms with E-state index in [-0.39, 0.29) is 0 Å². The lowest BCUT2D eigenvalue weighted by Crippen LogP contribution is -1.85. The van der Waals surface area contributed by atoms with E-state index < -0.39 is 0 Å². The fourth-order valence-corrected chi connectivity index (χ4v) is 2.11. The van der Waals surface area contributed by atoms with Gasteiger partial charge in [-0.3, -0.25) is 0 Å². The van der Waals surface area contributed by atoms with E-state index in [0.29, 0.717) is 0 Å². The van der Waals surface area contributed by atoms with Crippen molar-refractivity contribution in [2.24, 2.45) is 0 Å². The second kappa shape index (κ2) is 11.0. The fourth-order valence-electron chi connectivity index (χ4n) is 2.11. The van der Waals surface area contributed by atoms with E-state index in [9.17, 15) is 0 Å². The first kappa shape index (κ1) is 15.5. The van der Waals surface area contributed by atoms with Crippen LogP contribution in [0, 0.1) is 0 Å². The highest BCUT2D eigenvalue weighted by molar-refractivity contribution is 4.99. The molecule has 94 valence electrons. The third-order valence-electron chi connectivity index (χ3n) is 3.47. The molecule has 0 fully saturated rings. The van der Waals surface area contributed by atoms with Gasteiger partial charge in [0, 0.05) is 0 Å². The molecule has 0 radical (unpaired) electrons. The van der Waals surface area contributed by atoms with Crippen LogP contribution in [0.4, 0.5) is 0 Å². The van der Waals surface area contributed by atoms with Gasteiger partial charge in [-0.25, -0.2) is 0 Å². The van der Waals surface area contributed by atoms with Crippen LogP contribution in [0.25, 0.3) is 0 Å². The molecule has 0 rings (SSSR count). The van der Waals surface area contributed by atoms with Crippen LogP contribution < -0.4 is 0 Å². The van der Waals surface area contributed by atoms with Crippen LogP contribution in [0.5, 0.6) is 0 Å². The quantitative estimate of drug-likeness (QED) is 0.329. The minimum absolute atomic E-state index is 1.23. The molecule has 0 unspecified atom stereocenters. The van der Waals surface area contributed by atoms with Crippen molar-refractivity contribution in [1.29, 1.82) is 0 Å². The molecule has 0 spiro atoms. The first-order chi connectivity index (χ1) is 7.78. The van der Waals surface area contributed by atoms with Crippen LogP contribution in [-0.2, 0) is 0 Å². The Balaban J connectivity index is 3.41. The largest absolute Gasteiger partial charge is 0.0885 e. The molecule has 0 saturated carbocycles. The van der Waals surface area contributed by atoms with E-state index in [0.717, 1.165) is 0 Å². The van der Waals surface area contributed by atoms with E-state index in [1.54, 1.807) is 11.1 Å². The Morgan fingerprint density at radius 2 is 1.06 bits per heavy atom. The molecule has 0 aliphatic carbocycles. The van der Waals surface area contributed by atoms with Gasteiger partial charge in [0.2, 0.25) is 0 Å². The summed E-state index contributed by atoms with van der Waals surface area (Å²) < 4.78 is 0. The van der Waals surface area contributed by atoms with Crippen molar-refractivity contribution in [2.75, 3.05) is 0 Å². The van der Waals surface area contributed by atoms with E-state index in [1.165, 1.54) is 51.4 Å². The topological polar surface area (TPSA) is 0 Å². The highest BCUT2D eigenvalue weighted by atomic mass is 14.0. The SMILES string of the molecule is C/C=C(/CC)CCCCCC/C(=C\C)CC. The van der Waals surface area contributed by atoms with Gasteiger partial charge < -0.3 is 0 Å². The minimum atomic E-state index is 1.23. The molecule has 0 bridgehead atoms. The van der Waals surface area contributed by atoms with Crippen LogP contribution in [-0.4, -0.2) is 0 Å². The number of rotatable bonds is 9. The van der Waals surface area contributed by atoms with E-state index in [1.807, 2.05) is 0 Å². The van der Waals surface area contributed by atoms with Crippen molar-refractivity contribution < 1.29 is 0 Å². The molecule has 0 aromatic heterocycles. The van der Waals surface area contributed by atoms with Gasteiger partial charge in [0.15, 0.2) is 0 Å². The van der Waals surface area contributed by atoms with Crippen LogP contribution in [0.3, 0.4) is 0 Å². The number of unbranched alkanes of at least 4 members (excludes halogenated alkanes) is 3. The summed E-state index contributed by atoms with van der Waals surface area (Å²) in [4.78, 5) is 0. The van der Waals surface area contributed by atoms with Crippen LogP contribution in [0.15, 0.2) is 23.3 Å². The Morgan fingerprint density at radius 3 is 1.31 bits per heavy atom. The van der Waals surface area contributed by atoms with Crippen molar-refractivity contribution in [1.82, 2.24) is 0 Å². The van der Waals surface area contributed by atoms with E-state index in [4.69, 9.17) is 0 Å². The molecule has 0 amide bonds. The van der Waals surface area contributed by atoms with Gasteiger partial charge in [-0.2, -0.15) is 0 Å². The maximum atomic E-state index is 2.29. The summed E-state index contributed by atoms with van der Waals surface area (Å²) in [5.41, 5.74) is 3.26. The van der Waals surface area contributed by atoms with Crippen LogP contribution >= 0.6 is 0 Å². The zero-order chi connectivity index (χ0) is 12.2. The Hall–Kier alpha value is -0.520. The van der Waals surface area contributed by atoms with Gasteiger partial charge >= 0.3 is 0 Å². The first-order valence-electron chi connectivity index (χ1n) is 7.06. The average molecular weight is 222 g/mol. The predicted molar refractivity (Wildman–Crippen MR) is 75.8 cm³/mol. The van der Waals surface area contributed by atoms with Crippen molar-refractivity contribution in [3.05, 3.63) is 23.3 Å². The zero-order valence-electron chi connectivity index (χ0n) is 11.8. The molecule has 0 nitrogen and oxygen atoms in total. The third kappa shape index (κ3) is 7.73. The zero-order valence-corrected chi connectivity index (χ0v) is 11.8. The van der Waals surface area contributed by atoms with Crippen molar-refractivity contribution in [2.45, 2.75) is 79.1 Å². The molecule has 0 heterocycles. The Bertz CT molecular complexity index is 184. The lowest BCUT2D eigenvalue weighted by Gasteiger charge is -2.05. The van der Waals surface area contributed by atoms with Crippen LogP contribution in [0.1, 0.15) is 79.1 Å². The molecular formula is C16H30. The predicted octanol–water partition coefficient (Wildman–Crippen LogP) is 6.04. The Morgan fingerprint density at radius 1 is 0.688 bits per heavy atom. The summed E-state index contributed by atoms with van der Waals surface area (Å²) in [6.07, 6.45) is 15.2. The van der Waals surface area contributed by atoms with Gasteiger partial charge in [0.05, 0.1) is 0 Å². The summed E-state index contributed by atoms with van der Waals surface area (Å²) >= 11 is 0. The van der Waals surface area contributed by atoms with Gasteiger partial charge in [0.1, 0.15) is 0 Å². The Kier molecular flexibility index (Phi) is 10.6. The standard InChI is InChI=1S/C16H30/c1-5-15(6-2)13-11-9-10-12-14-16(7-3)8-4/h5,7H,6,8-14H2,1-4H3/b15-5-,16-7-. The van der Waals surface area contributed by atoms with Crippen molar-refractivity contribution in [3.63, 3.8) is 0 Å². The van der Waals surface area contributed by atoms with E-state index >= 15 is 0 Å². The molecule has 0 aliphatic heterocycles. The number of allylic oxidation sites excluding steroid dienone is 4. The normalized spacial score (nSPS) is 13.2. The number of hydrogen-bond donors (Lipinski definition) is 0. The molecule has 0 aliphatic rings. The maximum absolute atomic E-state index is 2.29. The van der Waals surface area contributed by atoms with Crippen molar-refractivity contribution in [3.8, 4) is 0 Å². The summed E-state index contributed by atoms with van der Waals surface area (Å²) in [6, 6.07) is 0. The minimum Gasteiger partial charge on any atom is -0.0885 e. The number of hydrogen-bond acceptors (Lipinski definition) is 0. The molecule has 0 saturated heterocycles. The summed E-state index contributed by atoms with van der Waals surface area (Å²) in [5.74, 6) is 0. The van der Waals surface area contributed by atoms with Crippen molar-refractivity contribution >= 4 is 0 Å².